The third kappa shape index (κ3) is 2.12. The van der Waals surface area contributed by atoms with E-state index in [-0.39, 0.29) is 0 Å². The Morgan fingerprint density at radius 1 is 0.938 bits per heavy atom. The van der Waals surface area contributed by atoms with Crippen LogP contribution in [0.1, 0.15) is 28.4 Å². The SMILES string of the molecule is Cc1ccc(C(O)c2ccncc2)cc1C. The third-order valence-corrected chi connectivity index (χ3v) is 2.87. The first-order valence-electron chi connectivity index (χ1n) is 5.33. The van der Waals surface area contributed by atoms with E-state index in [1.807, 2.05) is 30.3 Å². The van der Waals surface area contributed by atoms with Gasteiger partial charge in [-0.2, -0.15) is 0 Å². The zero-order valence-corrected chi connectivity index (χ0v) is 9.51. The minimum Gasteiger partial charge on any atom is -0.384 e. The highest BCUT2D eigenvalue weighted by molar-refractivity contribution is 5.35. The second-order valence-electron chi connectivity index (χ2n) is 4.03. The van der Waals surface area contributed by atoms with Gasteiger partial charge in [-0.1, -0.05) is 18.2 Å². The standard InChI is InChI=1S/C14H15NO/c1-10-3-4-13(9-11(10)2)14(16)12-5-7-15-8-6-12/h3-9,14,16H,1-2H3. The molecule has 16 heavy (non-hydrogen) atoms. The Kier molecular flexibility index (Phi) is 3.02. The molecule has 0 aliphatic rings. The van der Waals surface area contributed by atoms with Gasteiger partial charge in [-0.25, -0.2) is 0 Å². The van der Waals surface area contributed by atoms with Crippen LogP contribution < -0.4 is 0 Å². The molecule has 0 fully saturated rings. The highest BCUT2D eigenvalue weighted by Crippen LogP contribution is 2.22. The Morgan fingerprint density at radius 2 is 1.62 bits per heavy atom. The second-order valence-corrected chi connectivity index (χ2v) is 4.03. The van der Waals surface area contributed by atoms with E-state index >= 15 is 0 Å². The first-order valence-corrected chi connectivity index (χ1v) is 5.33. The molecule has 82 valence electrons. The molecule has 0 bridgehead atoms. The van der Waals surface area contributed by atoms with Crippen molar-refractivity contribution in [2.24, 2.45) is 0 Å². The van der Waals surface area contributed by atoms with Gasteiger partial charge in [0, 0.05) is 12.4 Å². The average molecular weight is 213 g/mol. The smallest absolute Gasteiger partial charge is 0.104 e. The minimum absolute atomic E-state index is 0.567. The molecular weight excluding hydrogens is 198 g/mol. The maximum absolute atomic E-state index is 10.2. The van der Waals surface area contributed by atoms with Crippen molar-refractivity contribution in [3.8, 4) is 0 Å². The van der Waals surface area contributed by atoms with Crippen LogP contribution in [0.5, 0.6) is 0 Å². The topological polar surface area (TPSA) is 33.1 Å². The van der Waals surface area contributed by atoms with E-state index in [0.717, 1.165) is 11.1 Å². The van der Waals surface area contributed by atoms with Crippen LogP contribution in [0.4, 0.5) is 0 Å². The number of aryl methyl sites for hydroxylation is 2. The maximum Gasteiger partial charge on any atom is 0.104 e. The summed E-state index contributed by atoms with van der Waals surface area (Å²) in [4.78, 5) is 3.94. The molecule has 2 rings (SSSR count). The Hall–Kier alpha value is -1.67. The molecule has 0 saturated carbocycles. The number of aromatic nitrogens is 1. The molecule has 2 aromatic rings. The molecule has 1 N–H and O–H groups in total. The summed E-state index contributed by atoms with van der Waals surface area (Å²) < 4.78 is 0. The van der Waals surface area contributed by atoms with Crippen LogP contribution in [0.3, 0.4) is 0 Å². The predicted octanol–water partition coefficient (Wildman–Crippen LogP) is 2.78. The monoisotopic (exact) mass is 213 g/mol. The molecule has 1 atom stereocenters. The molecule has 0 radical (unpaired) electrons. The number of benzene rings is 1. The van der Waals surface area contributed by atoms with Gasteiger partial charge in [0.05, 0.1) is 0 Å². The lowest BCUT2D eigenvalue weighted by atomic mass is 9.99. The first-order chi connectivity index (χ1) is 7.68. The predicted molar refractivity (Wildman–Crippen MR) is 64.2 cm³/mol. The van der Waals surface area contributed by atoms with Crippen molar-refractivity contribution in [2.75, 3.05) is 0 Å². The molecule has 0 spiro atoms. The summed E-state index contributed by atoms with van der Waals surface area (Å²) in [6, 6.07) is 9.70. The van der Waals surface area contributed by atoms with E-state index in [0.29, 0.717) is 0 Å². The van der Waals surface area contributed by atoms with Gasteiger partial charge in [0.1, 0.15) is 6.10 Å². The summed E-state index contributed by atoms with van der Waals surface area (Å²) in [6.45, 7) is 4.12. The number of aliphatic hydroxyl groups excluding tert-OH is 1. The number of nitrogens with zero attached hydrogens (tertiary/aromatic N) is 1. The van der Waals surface area contributed by atoms with E-state index in [1.54, 1.807) is 12.4 Å². The molecule has 2 heteroatoms. The quantitative estimate of drug-likeness (QED) is 0.832. The second kappa shape index (κ2) is 4.45. The minimum atomic E-state index is -0.567. The van der Waals surface area contributed by atoms with E-state index in [4.69, 9.17) is 0 Å². The normalized spacial score (nSPS) is 12.4. The van der Waals surface area contributed by atoms with E-state index in [2.05, 4.69) is 18.8 Å². The lowest BCUT2D eigenvalue weighted by molar-refractivity contribution is 0.220. The summed E-state index contributed by atoms with van der Waals surface area (Å²) in [5.74, 6) is 0. The fourth-order valence-corrected chi connectivity index (χ4v) is 1.67. The molecule has 0 amide bonds. The lowest BCUT2D eigenvalue weighted by Gasteiger charge is -2.12. The van der Waals surface area contributed by atoms with Gasteiger partial charge in [-0.3, -0.25) is 4.98 Å². The van der Waals surface area contributed by atoms with Crippen molar-refractivity contribution >= 4 is 0 Å². The third-order valence-electron chi connectivity index (χ3n) is 2.87. The zero-order valence-electron chi connectivity index (χ0n) is 9.51. The number of hydrogen-bond donors (Lipinski definition) is 1. The molecule has 1 aromatic carbocycles. The van der Waals surface area contributed by atoms with Crippen LogP contribution >= 0.6 is 0 Å². The molecule has 0 saturated heterocycles. The van der Waals surface area contributed by atoms with Gasteiger partial charge >= 0.3 is 0 Å². The van der Waals surface area contributed by atoms with Gasteiger partial charge in [-0.15, -0.1) is 0 Å². The molecule has 2 nitrogen and oxygen atoms in total. The van der Waals surface area contributed by atoms with Crippen molar-refractivity contribution in [2.45, 2.75) is 20.0 Å². The summed E-state index contributed by atoms with van der Waals surface area (Å²) in [6.07, 6.45) is 2.82. The van der Waals surface area contributed by atoms with Crippen LogP contribution in [0.15, 0.2) is 42.7 Å². The van der Waals surface area contributed by atoms with Crippen molar-refractivity contribution in [3.63, 3.8) is 0 Å². The van der Waals surface area contributed by atoms with Crippen molar-refractivity contribution in [1.29, 1.82) is 0 Å². The van der Waals surface area contributed by atoms with Crippen LogP contribution in [-0.2, 0) is 0 Å². The number of aliphatic hydroxyl groups is 1. The van der Waals surface area contributed by atoms with Crippen LogP contribution in [0.2, 0.25) is 0 Å². The fourth-order valence-electron chi connectivity index (χ4n) is 1.67. The summed E-state index contributed by atoms with van der Waals surface area (Å²) in [5.41, 5.74) is 4.24. The number of rotatable bonds is 2. The van der Waals surface area contributed by atoms with Gasteiger partial charge in [0.25, 0.3) is 0 Å². The van der Waals surface area contributed by atoms with Crippen LogP contribution in [0, 0.1) is 13.8 Å². The Balaban J connectivity index is 2.34. The first kappa shape index (κ1) is 10.8. The molecule has 0 aliphatic heterocycles. The zero-order chi connectivity index (χ0) is 11.5. The largest absolute Gasteiger partial charge is 0.384 e. The van der Waals surface area contributed by atoms with Crippen molar-refractivity contribution in [3.05, 3.63) is 65.0 Å². The van der Waals surface area contributed by atoms with Gasteiger partial charge in [-0.05, 0) is 48.2 Å². The molecule has 1 aromatic heterocycles. The van der Waals surface area contributed by atoms with Gasteiger partial charge < -0.3 is 5.11 Å². The molecule has 0 aliphatic carbocycles. The van der Waals surface area contributed by atoms with Crippen molar-refractivity contribution in [1.82, 2.24) is 4.98 Å². The van der Waals surface area contributed by atoms with E-state index in [9.17, 15) is 5.11 Å². The van der Waals surface area contributed by atoms with Crippen LogP contribution in [-0.4, -0.2) is 10.1 Å². The number of pyridine rings is 1. The molecule has 1 unspecified atom stereocenters. The number of hydrogen-bond acceptors (Lipinski definition) is 2. The average Bonchev–Trinajstić information content (AvgIpc) is 2.33. The van der Waals surface area contributed by atoms with E-state index in [1.165, 1.54) is 11.1 Å². The molecular formula is C14H15NO. The lowest BCUT2D eigenvalue weighted by Crippen LogP contribution is -2.00. The van der Waals surface area contributed by atoms with Crippen LogP contribution in [0.25, 0.3) is 0 Å². The summed E-state index contributed by atoms with van der Waals surface area (Å²) in [7, 11) is 0. The Morgan fingerprint density at radius 3 is 2.25 bits per heavy atom. The van der Waals surface area contributed by atoms with Crippen molar-refractivity contribution < 1.29 is 5.11 Å². The fraction of sp³-hybridized carbons (Fsp3) is 0.214. The van der Waals surface area contributed by atoms with E-state index < -0.39 is 6.10 Å². The van der Waals surface area contributed by atoms with Gasteiger partial charge in [0.15, 0.2) is 0 Å². The maximum atomic E-state index is 10.2. The summed E-state index contributed by atoms with van der Waals surface area (Å²) >= 11 is 0. The van der Waals surface area contributed by atoms with Gasteiger partial charge in [0.2, 0.25) is 0 Å². The Bertz CT molecular complexity index is 479. The highest BCUT2D eigenvalue weighted by atomic mass is 16.3. The molecule has 1 heterocycles. The Labute approximate surface area is 95.6 Å². The highest BCUT2D eigenvalue weighted by Gasteiger charge is 2.10. The summed E-state index contributed by atoms with van der Waals surface area (Å²) in [5, 5.41) is 10.2.